The number of carbonyl (C=O) groups excluding carboxylic acids is 1. The zero-order valence-electron chi connectivity index (χ0n) is 7.24. The highest BCUT2D eigenvalue weighted by atomic mass is 19.3. The van der Waals surface area contributed by atoms with Gasteiger partial charge in [-0.3, -0.25) is 0 Å². The van der Waals surface area contributed by atoms with Crippen molar-refractivity contribution in [3.8, 4) is 0 Å². The monoisotopic (exact) mass is 198 g/mol. The highest BCUT2D eigenvalue weighted by Gasteiger charge is 2.29. The van der Waals surface area contributed by atoms with Crippen molar-refractivity contribution in [1.82, 2.24) is 0 Å². The van der Waals surface area contributed by atoms with Crippen LogP contribution >= 0.6 is 0 Å². The zero-order valence-corrected chi connectivity index (χ0v) is 7.24. The first-order chi connectivity index (χ1) is 6.55. The summed E-state index contributed by atoms with van der Waals surface area (Å²) >= 11 is 0. The maximum Gasteiger partial charge on any atom is 0.421 e. The first-order valence-electron chi connectivity index (χ1n) is 3.85. The Bertz CT molecular complexity index is 333. The third kappa shape index (κ3) is 2.65. The largest absolute Gasteiger partial charge is 0.421 e. The number of ether oxygens (including phenoxy) is 1. The lowest BCUT2D eigenvalue weighted by molar-refractivity contribution is -0.160. The normalized spacial score (nSPS) is 10.7. The Morgan fingerprint density at radius 2 is 1.93 bits per heavy atom. The Balaban J connectivity index is 2.74. The van der Waals surface area contributed by atoms with Gasteiger partial charge in [0.05, 0.1) is 5.56 Å². The third-order valence-corrected chi connectivity index (χ3v) is 1.48. The predicted molar refractivity (Wildman–Crippen MR) is 47.0 cm³/mol. The summed E-state index contributed by atoms with van der Waals surface area (Å²) in [7, 11) is 0. The van der Waals surface area contributed by atoms with E-state index in [2.05, 4.69) is 11.3 Å². The fourth-order valence-electron chi connectivity index (χ4n) is 0.798. The van der Waals surface area contributed by atoms with Gasteiger partial charge in [0, 0.05) is 6.08 Å². The first-order valence-corrected chi connectivity index (χ1v) is 3.85. The molecule has 0 radical (unpaired) electrons. The van der Waals surface area contributed by atoms with Crippen molar-refractivity contribution < 1.29 is 18.3 Å². The SMILES string of the molecule is C=CC(F)(F)OC(=O)c1ccccc1. The van der Waals surface area contributed by atoms with E-state index in [-0.39, 0.29) is 11.6 Å². The van der Waals surface area contributed by atoms with E-state index in [1.54, 1.807) is 18.2 Å². The topological polar surface area (TPSA) is 26.3 Å². The fraction of sp³-hybridized carbons (Fsp3) is 0.100. The average Bonchev–Trinajstić information content (AvgIpc) is 2.19. The summed E-state index contributed by atoms with van der Waals surface area (Å²) in [6.07, 6.45) is -3.35. The molecule has 0 spiro atoms. The van der Waals surface area contributed by atoms with Gasteiger partial charge in [-0.2, -0.15) is 8.78 Å². The smallest absolute Gasteiger partial charge is 0.394 e. The third-order valence-electron chi connectivity index (χ3n) is 1.48. The maximum atomic E-state index is 12.5. The van der Waals surface area contributed by atoms with Gasteiger partial charge < -0.3 is 4.74 Å². The van der Waals surface area contributed by atoms with Gasteiger partial charge in [-0.1, -0.05) is 24.8 Å². The van der Waals surface area contributed by atoms with E-state index < -0.39 is 12.1 Å². The number of rotatable bonds is 3. The van der Waals surface area contributed by atoms with Gasteiger partial charge in [0.2, 0.25) is 0 Å². The Kier molecular flexibility index (Phi) is 2.96. The number of esters is 1. The summed E-state index contributed by atoms with van der Waals surface area (Å²) in [4.78, 5) is 11.1. The molecular formula is C10H8F2O2. The van der Waals surface area contributed by atoms with Gasteiger partial charge >= 0.3 is 12.1 Å². The van der Waals surface area contributed by atoms with Crippen molar-refractivity contribution in [1.29, 1.82) is 0 Å². The Hall–Kier alpha value is -1.71. The van der Waals surface area contributed by atoms with E-state index in [0.29, 0.717) is 0 Å². The molecule has 0 saturated heterocycles. The summed E-state index contributed by atoms with van der Waals surface area (Å²) in [5.41, 5.74) is 0.0778. The summed E-state index contributed by atoms with van der Waals surface area (Å²) < 4.78 is 28.9. The van der Waals surface area contributed by atoms with Crippen LogP contribution in [-0.2, 0) is 4.74 Å². The van der Waals surface area contributed by atoms with Crippen molar-refractivity contribution >= 4 is 5.97 Å². The second-order valence-electron chi connectivity index (χ2n) is 2.52. The van der Waals surface area contributed by atoms with Crippen molar-refractivity contribution in [3.05, 3.63) is 48.6 Å². The number of carbonyl (C=O) groups is 1. The molecule has 0 aliphatic rings. The van der Waals surface area contributed by atoms with Crippen molar-refractivity contribution in [2.24, 2.45) is 0 Å². The molecule has 0 saturated carbocycles. The van der Waals surface area contributed by atoms with Crippen LogP contribution in [0.3, 0.4) is 0 Å². The van der Waals surface area contributed by atoms with Crippen molar-refractivity contribution in [2.75, 3.05) is 0 Å². The van der Waals surface area contributed by atoms with E-state index in [0.717, 1.165) is 0 Å². The molecule has 0 aliphatic carbocycles. The second kappa shape index (κ2) is 4.00. The van der Waals surface area contributed by atoms with Gasteiger partial charge in [0.1, 0.15) is 0 Å². The van der Waals surface area contributed by atoms with Gasteiger partial charge in [-0.05, 0) is 12.1 Å². The molecule has 4 heteroatoms. The molecule has 14 heavy (non-hydrogen) atoms. The van der Waals surface area contributed by atoms with E-state index >= 15 is 0 Å². The summed E-state index contributed by atoms with van der Waals surface area (Å²) in [5.74, 6) is -1.07. The van der Waals surface area contributed by atoms with Crippen LogP contribution in [0.5, 0.6) is 0 Å². The van der Waals surface area contributed by atoms with Crippen LogP contribution in [0.1, 0.15) is 10.4 Å². The van der Waals surface area contributed by atoms with Crippen LogP contribution in [0.25, 0.3) is 0 Å². The molecule has 0 bridgehead atoms. The lowest BCUT2D eigenvalue weighted by Gasteiger charge is -2.11. The molecule has 0 fully saturated rings. The lowest BCUT2D eigenvalue weighted by Crippen LogP contribution is -2.22. The number of hydrogen-bond donors (Lipinski definition) is 0. The molecule has 1 aromatic carbocycles. The highest BCUT2D eigenvalue weighted by Crippen LogP contribution is 2.18. The highest BCUT2D eigenvalue weighted by molar-refractivity contribution is 5.89. The predicted octanol–water partition coefficient (Wildman–Crippen LogP) is 2.62. The van der Waals surface area contributed by atoms with E-state index in [1.807, 2.05) is 0 Å². The molecule has 1 rings (SSSR count). The van der Waals surface area contributed by atoms with Crippen LogP contribution in [-0.4, -0.2) is 12.1 Å². The van der Waals surface area contributed by atoms with E-state index in [9.17, 15) is 13.6 Å². The first kappa shape index (κ1) is 10.4. The number of alkyl halides is 2. The zero-order chi connectivity index (χ0) is 10.6. The number of benzene rings is 1. The standard InChI is InChI=1S/C10H8F2O2/c1-2-10(11,12)14-9(13)8-6-4-3-5-7-8/h2-7H,1H2. The minimum atomic E-state index is -3.62. The van der Waals surface area contributed by atoms with Crippen LogP contribution < -0.4 is 0 Å². The molecule has 0 aromatic heterocycles. The fourth-order valence-corrected chi connectivity index (χ4v) is 0.798. The van der Waals surface area contributed by atoms with Gasteiger partial charge in [-0.25, -0.2) is 4.79 Å². The van der Waals surface area contributed by atoms with E-state index in [1.165, 1.54) is 12.1 Å². The van der Waals surface area contributed by atoms with Crippen molar-refractivity contribution in [2.45, 2.75) is 6.11 Å². The summed E-state index contributed by atoms with van der Waals surface area (Å²) in [6, 6.07) is 7.57. The Labute approximate surface area is 79.8 Å². The van der Waals surface area contributed by atoms with E-state index in [4.69, 9.17) is 0 Å². The lowest BCUT2D eigenvalue weighted by atomic mass is 10.2. The summed E-state index contributed by atoms with van der Waals surface area (Å²) in [6.45, 7) is 2.85. The molecule has 0 N–H and O–H groups in total. The van der Waals surface area contributed by atoms with Crippen LogP contribution in [0, 0.1) is 0 Å². The second-order valence-corrected chi connectivity index (χ2v) is 2.52. The van der Waals surface area contributed by atoms with Crippen LogP contribution in [0.2, 0.25) is 0 Å². The maximum absolute atomic E-state index is 12.5. The Morgan fingerprint density at radius 1 is 1.36 bits per heavy atom. The van der Waals surface area contributed by atoms with Gasteiger partial charge in [-0.15, -0.1) is 0 Å². The van der Waals surface area contributed by atoms with Crippen molar-refractivity contribution in [3.63, 3.8) is 0 Å². The molecule has 0 atom stereocenters. The molecule has 74 valence electrons. The average molecular weight is 198 g/mol. The van der Waals surface area contributed by atoms with Crippen LogP contribution in [0.4, 0.5) is 8.78 Å². The molecule has 0 amide bonds. The molecule has 0 aliphatic heterocycles. The van der Waals surface area contributed by atoms with Crippen LogP contribution in [0.15, 0.2) is 43.0 Å². The quantitative estimate of drug-likeness (QED) is 0.551. The Morgan fingerprint density at radius 3 is 2.43 bits per heavy atom. The van der Waals surface area contributed by atoms with Gasteiger partial charge in [0.25, 0.3) is 0 Å². The molecule has 1 aromatic rings. The minimum absolute atomic E-state index is 0.0778. The molecule has 0 heterocycles. The number of halogens is 2. The molecule has 2 nitrogen and oxygen atoms in total. The molecular weight excluding hydrogens is 190 g/mol. The molecule has 0 unspecified atom stereocenters. The summed E-state index contributed by atoms with van der Waals surface area (Å²) in [5, 5.41) is 0. The minimum Gasteiger partial charge on any atom is -0.394 e. The number of hydrogen-bond acceptors (Lipinski definition) is 2. The van der Waals surface area contributed by atoms with Gasteiger partial charge in [0.15, 0.2) is 0 Å².